The van der Waals surface area contributed by atoms with Crippen molar-refractivity contribution in [3.8, 4) is 17.0 Å². The molecule has 0 aliphatic heterocycles. The molecule has 0 radical (unpaired) electrons. The zero-order valence-corrected chi connectivity index (χ0v) is 17.8. The van der Waals surface area contributed by atoms with Gasteiger partial charge in [-0.3, -0.25) is 0 Å². The maximum atomic E-state index is 6.26. The van der Waals surface area contributed by atoms with Crippen LogP contribution in [0.3, 0.4) is 0 Å². The van der Waals surface area contributed by atoms with E-state index in [1.165, 1.54) is 6.33 Å². The van der Waals surface area contributed by atoms with Gasteiger partial charge in [0.1, 0.15) is 35.7 Å². The number of aromatic nitrogens is 4. The van der Waals surface area contributed by atoms with E-state index in [-0.39, 0.29) is 0 Å². The highest BCUT2D eigenvalue weighted by Crippen LogP contribution is 2.41. The zero-order valence-electron chi connectivity index (χ0n) is 17.8. The molecule has 1 aliphatic carbocycles. The van der Waals surface area contributed by atoms with Gasteiger partial charge in [-0.25, -0.2) is 14.5 Å². The lowest BCUT2D eigenvalue weighted by atomic mass is 9.79. The number of fused-ring (bicyclic) bond motifs is 1. The number of ether oxygens (including phenoxy) is 1. The van der Waals surface area contributed by atoms with E-state index < -0.39 is 0 Å². The number of nitrogen functional groups attached to an aromatic ring is 1. The maximum absolute atomic E-state index is 6.26. The lowest BCUT2D eigenvalue weighted by molar-refractivity contribution is 0.161. The Morgan fingerprint density at radius 2 is 1.90 bits per heavy atom. The third-order valence-corrected chi connectivity index (χ3v) is 6.05. The Bertz CT molecular complexity index is 1200. The smallest absolute Gasteiger partial charge is 0.153 e. The third kappa shape index (κ3) is 3.72. The minimum Gasteiger partial charge on any atom is -0.489 e. The van der Waals surface area contributed by atoms with E-state index in [1.807, 2.05) is 47.0 Å². The molecular weight excluding hydrogens is 388 g/mol. The number of hydrogen-bond acceptors (Lipinski definition) is 6. The van der Waals surface area contributed by atoms with E-state index in [0.29, 0.717) is 24.4 Å². The molecular formula is C24H26N6O. The molecule has 0 saturated heterocycles. The number of benzene rings is 2. The van der Waals surface area contributed by atoms with Crippen LogP contribution in [0, 0.1) is 0 Å². The molecule has 1 fully saturated rings. The normalized spacial score (nSPS) is 18.3. The summed E-state index contributed by atoms with van der Waals surface area (Å²) in [5.41, 5.74) is 9.89. The summed E-state index contributed by atoms with van der Waals surface area (Å²) >= 11 is 0. The van der Waals surface area contributed by atoms with Crippen LogP contribution in [0.4, 0.5) is 5.82 Å². The average Bonchev–Trinajstić information content (AvgIpc) is 3.13. The van der Waals surface area contributed by atoms with E-state index in [0.717, 1.165) is 46.8 Å². The number of rotatable bonds is 6. The van der Waals surface area contributed by atoms with E-state index in [1.54, 1.807) is 0 Å². The first-order valence-corrected chi connectivity index (χ1v) is 10.5. The molecule has 158 valence electrons. The predicted molar refractivity (Wildman–Crippen MR) is 121 cm³/mol. The molecule has 31 heavy (non-hydrogen) atoms. The van der Waals surface area contributed by atoms with Crippen molar-refractivity contribution in [1.82, 2.24) is 24.5 Å². The van der Waals surface area contributed by atoms with Gasteiger partial charge in [-0.15, -0.1) is 0 Å². The summed E-state index contributed by atoms with van der Waals surface area (Å²) in [5, 5.41) is 4.48. The van der Waals surface area contributed by atoms with Crippen LogP contribution < -0.4 is 10.5 Å². The highest BCUT2D eigenvalue weighted by Gasteiger charge is 2.35. The Kier molecular flexibility index (Phi) is 5.03. The largest absolute Gasteiger partial charge is 0.489 e. The molecule has 5 rings (SSSR count). The maximum Gasteiger partial charge on any atom is 0.153 e. The number of nitrogens with two attached hydrogens (primary N) is 1. The standard InChI is InChI=1S/C24H26N6O/c1-29(2)19-11-18(12-19)24-28-21(22-23(25)26-15-27-30(22)24)17-9-6-10-20(13-17)31-14-16-7-4-3-5-8-16/h3-10,13,15,18-19H,11-12,14H2,1-2H3,(H2,25,26,27). The van der Waals surface area contributed by atoms with Crippen molar-refractivity contribution in [2.75, 3.05) is 19.8 Å². The molecule has 7 heteroatoms. The van der Waals surface area contributed by atoms with Gasteiger partial charge in [-0.2, -0.15) is 5.10 Å². The third-order valence-electron chi connectivity index (χ3n) is 6.05. The van der Waals surface area contributed by atoms with E-state index >= 15 is 0 Å². The molecule has 0 bridgehead atoms. The first-order chi connectivity index (χ1) is 15.1. The van der Waals surface area contributed by atoms with E-state index in [9.17, 15) is 0 Å². The molecule has 0 unspecified atom stereocenters. The number of anilines is 1. The second-order valence-electron chi connectivity index (χ2n) is 8.31. The van der Waals surface area contributed by atoms with Crippen LogP contribution in [0.15, 0.2) is 60.9 Å². The monoisotopic (exact) mass is 414 g/mol. The molecule has 0 amide bonds. The van der Waals surface area contributed by atoms with Crippen LogP contribution in [0.5, 0.6) is 5.75 Å². The molecule has 0 atom stereocenters. The summed E-state index contributed by atoms with van der Waals surface area (Å²) in [5.74, 6) is 2.53. The molecule has 2 aromatic heterocycles. The van der Waals surface area contributed by atoms with Crippen LogP contribution in [-0.2, 0) is 6.61 Å². The first-order valence-electron chi connectivity index (χ1n) is 10.5. The van der Waals surface area contributed by atoms with Gasteiger partial charge in [0.2, 0.25) is 0 Å². The van der Waals surface area contributed by atoms with Gasteiger partial charge in [0.25, 0.3) is 0 Å². The Labute approximate surface area is 181 Å². The molecule has 2 aromatic carbocycles. The lowest BCUT2D eigenvalue weighted by Crippen LogP contribution is -2.39. The van der Waals surface area contributed by atoms with Crippen molar-refractivity contribution < 1.29 is 4.74 Å². The Morgan fingerprint density at radius 1 is 1.10 bits per heavy atom. The van der Waals surface area contributed by atoms with E-state index in [2.05, 4.69) is 41.2 Å². The Morgan fingerprint density at radius 3 is 2.68 bits per heavy atom. The summed E-state index contributed by atoms with van der Waals surface area (Å²) in [6.45, 7) is 0.513. The quantitative estimate of drug-likeness (QED) is 0.517. The van der Waals surface area contributed by atoms with Crippen molar-refractivity contribution in [2.24, 2.45) is 0 Å². The topological polar surface area (TPSA) is 81.6 Å². The highest BCUT2D eigenvalue weighted by molar-refractivity contribution is 5.85. The van der Waals surface area contributed by atoms with Crippen molar-refractivity contribution in [3.05, 3.63) is 72.3 Å². The minimum atomic E-state index is 0.362. The fourth-order valence-corrected chi connectivity index (χ4v) is 4.14. The predicted octanol–water partition coefficient (Wildman–Crippen LogP) is 3.76. The molecule has 4 aromatic rings. The van der Waals surface area contributed by atoms with Crippen LogP contribution in [0.1, 0.15) is 30.1 Å². The van der Waals surface area contributed by atoms with Gasteiger partial charge < -0.3 is 15.4 Å². The second-order valence-corrected chi connectivity index (χ2v) is 8.31. The first kappa shape index (κ1) is 19.5. The molecule has 2 heterocycles. The van der Waals surface area contributed by atoms with Crippen molar-refractivity contribution in [1.29, 1.82) is 0 Å². The summed E-state index contributed by atoms with van der Waals surface area (Å²) in [4.78, 5) is 11.5. The fraction of sp³-hybridized carbons (Fsp3) is 0.292. The summed E-state index contributed by atoms with van der Waals surface area (Å²) in [6.07, 6.45) is 3.63. The van der Waals surface area contributed by atoms with Crippen LogP contribution in [-0.4, -0.2) is 44.6 Å². The van der Waals surface area contributed by atoms with Gasteiger partial charge in [0.15, 0.2) is 5.82 Å². The summed E-state index contributed by atoms with van der Waals surface area (Å²) in [7, 11) is 4.24. The number of hydrogen-bond donors (Lipinski definition) is 1. The number of nitrogens with zero attached hydrogens (tertiary/aromatic N) is 5. The Hall–Kier alpha value is -3.45. The van der Waals surface area contributed by atoms with Crippen LogP contribution in [0.25, 0.3) is 16.8 Å². The lowest BCUT2D eigenvalue weighted by Gasteiger charge is -2.38. The second kappa shape index (κ2) is 8.00. The Balaban J connectivity index is 1.47. The summed E-state index contributed by atoms with van der Waals surface area (Å²) in [6, 6.07) is 18.7. The molecule has 2 N–H and O–H groups in total. The van der Waals surface area contributed by atoms with Gasteiger partial charge in [0.05, 0.1) is 0 Å². The summed E-state index contributed by atoms with van der Waals surface area (Å²) < 4.78 is 7.89. The molecule has 7 nitrogen and oxygen atoms in total. The average molecular weight is 415 g/mol. The van der Waals surface area contributed by atoms with E-state index in [4.69, 9.17) is 15.5 Å². The van der Waals surface area contributed by atoms with Crippen molar-refractivity contribution >= 4 is 11.3 Å². The number of imidazole rings is 1. The van der Waals surface area contributed by atoms with Crippen LogP contribution >= 0.6 is 0 Å². The van der Waals surface area contributed by atoms with Gasteiger partial charge >= 0.3 is 0 Å². The molecule has 1 saturated carbocycles. The molecule has 0 spiro atoms. The highest BCUT2D eigenvalue weighted by atomic mass is 16.5. The minimum absolute atomic E-state index is 0.362. The van der Waals surface area contributed by atoms with Gasteiger partial charge in [-0.1, -0.05) is 42.5 Å². The van der Waals surface area contributed by atoms with Crippen LogP contribution in [0.2, 0.25) is 0 Å². The van der Waals surface area contributed by atoms with Crippen molar-refractivity contribution in [3.63, 3.8) is 0 Å². The zero-order chi connectivity index (χ0) is 21.4. The fourth-order valence-electron chi connectivity index (χ4n) is 4.14. The SMILES string of the molecule is CN(C)C1CC(c2nc(-c3cccc(OCc4ccccc4)c3)c3c(N)ncnn23)C1. The van der Waals surface area contributed by atoms with Gasteiger partial charge in [0, 0.05) is 17.5 Å². The van der Waals surface area contributed by atoms with Crippen molar-refractivity contribution in [2.45, 2.75) is 31.4 Å². The van der Waals surface area contributed by atoms with Gasteiger partial charge in [-0.05, 0) is 44.6 Å². The molecule has 1 aliphatic rings.